The maximum Gasteiger partial charge on any atom is 0.0916 e. The SMILES string of the molecule is OCCOCCONCc1ccc(-c2cc3nccc(Nc4ccc5[nH]ccc5c4)c3s2)cc1. The van der Waals surface area contributed by atoms with Crippen molar-refractivity contribution < 1.29 is 14.7 Å². The molecule has 8 heteroatoms. The van der Waals surface area contributed by atoms with Gasteiger partial charge in [0.25, 0.3) is 0 Å². The van der Waals surface area contributed by atoms with Gasteiger partial charge in [-0.2, -0.15) is 5.48 Å². The lowest BCUT2D eigenvalue weighted by Gasteiger charge is -2.07. The molecule has 174 valence electrons. The molecule has 0 aliphatic heterocycles. The number of H-pyrrole nitrogens is 1. The standard InChI is InChI=1S/C26H26N4O3S/c31-11-12-32-13-14-33-29-17-18-1-3-19(4-2-18)25-16-24-26(34-25)23(8-10-28-24)30-21-5-6-22-20(15-21)7-9-27-22/h1-10,15-16,27,29,31H,11-14,17H2,(H,28,30). The summed E-state index contributed by atoms with van der Waals surface area (Å²) in [6.45, 7) is 1.84. The van der Waals surface area contributed by atoms with E-state index in [1.54, 1.807) is 11.3 Å². The number of rotatable bonds is 11. The van der Waals surface area contributed by atoms with Gasteiger partial charge < -0.3 is 20.1 Å². The number of aliphatic hydroxyl groups excluding tert-OH is 1. The first-order valence-corrected chi connectivity index (χ1v) is 12.0. The summed E-state index contributed by atoms with van der Waals surface area (Å²) >= 11 is 1.74. The van der Waals surface area contributed by atoms with Gasteiger partial charge in [0.2, 0.25) is 0 Å². The van der Waals surface area contributed by atoms with Gasteiger partial charge in [-0.15, -0.1) is 11.3 Å². The van der Waals surface area contributed by atoms with Crippen LogP contribution in [0.15, 0.2) is 73.1 Å². The molecule has 5 rings (SSSR count). The first-order chi connectivity index (χ1) is 16.8. The van der Waals surface area contributed by atoms with Crippen molar-refractivity contribution in [1.82, 2.24) is 15.4 Å². The third-order valence-corrected chi connectivity index (χ3v) is 6.63. The average Bonchev–Trinajstić information content (AvgIpc) is 3.51. The van der Waals surface area contributed by atoms with E-state index in [1.807, 2.05) is 18.5 Å². The number of aromatic amines is 1. The van der Waals surface area contributed by atoms with Crippen molar-refractivity contribution in [3.8, 4) is 10.4 Å². The number of aliphatic hydroxyl groups is 1. The summed E-state index contributed by atoms with van der Waals surface area (Å²) in [6, 6.07) is 21.0. The number of hydrogen-bond acceptors (Lipinski definition) is 7. The Labute approximate surface area is 201 Å². The van der Waals surface area contributed by atoms with Gasteiger partial charge in [0, 0.05) is 40.4 Å². The highest BCUT2D eigenvalue weighted by Crippen LogP contribution is 2.37. The summed E-state index contributed by atoms with van der Waals surface area (Å²) < 4.78 is 6.29. The molecular weight excluding hydrogens is 448 g/mol. The zero-order valence-electron chi connectivity index (χ0n) is 18.6. The van der Waals surface area contributed by atoms with Crippen LogP contribution in [0.4, 0.5) is 11.4 Å². The smallest absolute Gasteiger partial charge is 0.0916 e. The van der Waals surface area contributed by atoms with Crippen LogP contribution in [0.5, 0.6) is 0 Å². The van der Waals surface area contributed by atoms with Crippen LogP contribution in [0, 0.1) is 0 Å². The number of ether oxygens (including phenoxy) is 1. The summed E-state index contributed by atoms with van der Waals surface area (Å²) in [7, 11) is 0. The molecule has 0 aliphatic carbocycles. The van der Waals surface area contributed by atoms with Crippen LogP contribution in [0.2, 0.25) is 0 Å². The molecule has 0 saturated heterocycles. The first-order valence-electron chi connectivity index (χ1n) is 11.2. The van der Waals surface area contributed by atoms with Crippen molar-refractivity contribution in [2.75, 3.05) is 31.7 Å². The molecule has 0 atom stereocenters. The van der Waals surface area contributed by atoms with E-state index in [9.17, 15) is 0 Å². The molecule has 0 radical (unpaired) electrons. The van der Waals surface area contributed by atoms with Crippen molar-refractivity contribution in [3.63, 3.8) is 0 Å². The van der Waals surface area contributed by atoms with E-state index >= 15 is 0 Å². The number of nitrogens with one attached hydrogen (secondary N) is 3. The van der Waals surface area contributed by atoms with E-state index in [0.29, 0.717) is 26.4 Å². The Bertz CT molecular complexity index is 1360. The Kier molecular flexibility index (Phi) is 7.13. The summed E-state index contributed by atoms with van der Waals surface area (Å²) in [4.78, 5) is 14.3. The van der Waals surface area contributed by atoms with E-state index in [0.717, 1.165) is 38.2 Å². The highest BCUT2D eigenvalue weighted by atomic mass is 32.1. The molecule has 2 aromatic carbocycles. The second kappa shape index (κ2) is 10.8. The first kappa shape index (κ1) is 22.5. The number of benzene rings is 2. The van der Waals surface area contributed by atoms with Gasteiger partial charge in [0.1, 0.15) is 0 Å². The molecule has 3 aromatic heterocycles. The third kappa shape index (κ3) is 5.27. The molecule has 0 fully saturated rings. The number of nitrogens with zero attached hydrogens (tertiary/aromatic N) is 1. The van der Waals surface area contributed by atoms with Gasteiger partial charge in [-0.3, -0.25) is 9.82 Å². The van der Waals surface area contributed by atoms with Crippen LogP contribution in [0.1, 0.15) is 5.56 Å². The largest absolute Gasteiger partial charge is 0.394 e. The van der Waals surface area contributed by atoms with Crippen molar-refractivity contribution >= 4 is 43.8 Å². The maximum absolute atomic E-state index is 8.67. The maximum atomic E-state index is 8.67. The number of fused-ring (bicyclic) bond motifs is 2. The highest BCUT2D eigenvalue weighted by Gasteiger charge is 2.10. The Balaban J connectivity index is 1.25. The lowest BCUT2D eigenvalue weighted by molar-refractivity contribution is -0.0136. The van der Waals surface area contributed by atoms with Crippen LogP contribution in [0.25, 0.3) is 31.6 Å². The van der Waals surface area contributed by atoms with Crippen LogP contribution < -0.4 is 10.8 Å². The molecular formula is C26H26N4O3S. The third-order valence-electron chi connectivity index (χ3n) is 5.43. The van der Waals surface area contributed by atoms with Crippen LogP contribution >= 0.6 is 11.3 Å². The predicted molar refractivity (Wildman–Crippen MR) is 137 cm³/mol. The molecule has 0 aliphatic rings. The molecule has 4 N–H and O–H groups in total. The van der Waals surface area contributed by atoms with E-state index in [2.05, 4.69) is 75.4 Å². The highest BCUT2D eigenvalue weighted by molar-refractivity contribution is 7.22. The Morgan fingerprint density at radius 2 is 1.88 bits per heavy atom. The molecule has 0 amide bonds. The van der Waals surface area contributed by atoms with Crippen molar-refractivity contribution in [2.45, 2.75) is 6.54 Å². The van der Waals surface area contributed by atoms with Crippen LogP contribution in [0.3, 0.4) is 0 Å². The monoisotopic (exact) mass is 474 g/mol. The fraction of sp³-hybridized carbons (Fsp3) is 0.192. The minimum absolute atomic E-state index is 0.0256. The van der Waals surface area contributed by atoms with Gasteiger partial charge in [0.05, 0.1) is 42.3 Å². The van der Waals surface area contributed by atoms with Gasteiger partial charge >= 0.3 is 0 Å². The Morgan fingerprint density at radius 1 is 0.971 bits per heavy atom. The molecule has 0 bridgehead atoms. The minimum Gasteiger partial charge on any atom is -0.394 e. The fourth-order valence-corrected chi connectivity index (χ4v) is 4.82. The zero-order chi connectivity index (χ0) is 23.2. The van der Waals surface area contributed by atoms with Crippen LogP contribution in [-0.2, 0) is 16.1 Å². The second-order valence-electron chi connectivity index (χ2n) is 7.79. The number of pyridine rings is 1. The van der Waals surface area contributed by atoms with E-state index < -0.39 is 0 Å². The summed E-state index contributed by atoms with van der Waals surface area (Å²) in [5, 5.41) is 13.4. The lowest BCUT2D eigenvalue weighted by Crippen LogP contribution is -2.18. The molecule has 5 aromatic rings. The molecule has 7 nitrogen and oxygen atoms in total. The minimum atomic E-state index is 0.0256. The molecule has 0 saturated carbocycles. The van der Waals surface area contributed by atoms with E-state index in [1.165, 1.54) is 10.3 Å². The molecule has 0 unspecified atom stereocenters. The Hall–Kier alpha value is -3.27. The van der Waals surface area contributed by atoms with Gasteiger partial charge in [-0.25, -0.2) is 0 Å². The lowest BCUT2D eigenvalue weighted by atomic mass is 10.1. The molecule has 3 heterocycles. The predicted octanol–water partition coefficient (Wildman–Crippen LogP) is 5.22. The number of hydroxylamine groups is 1. The Morgan fingerprint density at radius 3 is 2.76 bits per heavy atom. The topological polar surface area (TPSA) is 91.4 Å². The van der Waals surface area contributed by atoms with Crippen molar-refractivity contribution in [3.05, 3.63) is 78.6 Å². The zero-order valence-corrected chi connectivity index (χ0v) is 19.4. The normalized spacial score (nSPS) is 11.4. The second-order valence-corrected chi connectivity index (χ2v) is 8.84. The van der Waals surface area contributed by atoms with Crippen molar-refractivity contribution in [2.24, 2.45) is 0 Å². The number of thiophene rings is 1. The van der Waals surface area contributed by atoms with Gasteiger partial charge in [0.15, 0.2) is 0 Å². The fourth-order valence-electron chi connectivity index (χ4n) is 3.73. The molecule has 0 spiro atoms. The van der Waals surface area contributed by atoms with E-state index in [-0.39, 0.29) is 6.61 Å². The average molecular weight is 475 g/mol. The number of anilines is 2. The van der Waals surface area contributed by atoms with E-state index in [4.69, 9.17) is 14.7 Å². The molecule has 34 heavy (non-hydrogen) atoms. The summed E-state index contributed by atoms with van der Waals surface area (Å²) in [5.41, 5.74) is 9.43. The summed E-state index contributed by atoms with van der Waals surface area (Å²) in [5.74, 6) is 0. The van der Waals surface area contributed by atoms with Gasteiger partial charge in [-0.1, -0.05) is 24.3 Å². The summed E-state index contributed by atoms with van der Waals surface area (Å²) in [6.07, 6.45) is 3.80. The van der Waals surface area contributed by atoms with Crippen LogP contribution in [-0.4, -0.2) is 41.5 Å². The van der Waals surface area contributed by atoms with Crippen molar-refractivity contribution in [1.29, 1.82) is 0 Å². The number of aromatic nitrogens is 2. The van der Waals surface area contributed by atoms with Gasteiger partial charge in [-0.05, 0) is 47.5 Å². The number of hydrogen-bond donors (Lipinski definition) is 4. The quantitative estimate of drug-likeness (QED) is 0.155.